The van der Waals surface area contributed by atoms with E-state index in [4.69, 9.17) is 4.74 Å². The van der Waals surface area contributed by atoms with Crippen molar-refractivity contribution in [1.29, 1.82) is 0 Å². The summed E-state index contributed by atoms with van der Waals surface area (Å²) in [5.41, 5.74) is 2.66. The first kappa shape index (κ1) is 16.0. The number of carbonyl (C=O) groups is 1. The molecule has 0 spiro atoms. The van der Waals surface area contributed by atoms with Crippen molar-refractivity contribution in [2.45, 2.75) is 25.5 Å². The second-order valence-electron chi connectivity index (χ2n) is 5.98. The van der Waals surface area contributed by atoms with Crippen LogP contribution in [0.2, 0.25) is 0 Å². The smallest absolute Gasteiger partial charge is 0.319 e. The third kappa shape index (κ3) is 3.47. The minimum atomic E-state index is -0.235. The molecule has 128 valence electrons. The number of amides is 2. The number of anilines is 1. The monoisotopic (exact) mass is 354 g/mol. The van der Waals surface area contributed by atoms with Gasteiger partial charge in [-0.3, -0.25) is 4.98 Å². The predicted molar refractivity (Wildman–Crippen MR) is 97.8 cm³/mol. The van der Waals surface area contributed by atoms with Crippen molar-refractivity contribution in [3.05, 3.63) is 53.3 Å². The summed E-state index contributed by atoms with van der Waals surface area (Å²) in [6.07, 6.45) is 4.11. The number of nitrogens with zero attached hydrogens (tertiary/aromatic N) is 2. The van der Waals surface area contributed by atoms with E-state index in [9.17, 15) is 4.79 Å². The van der Waals surface area contributed by atoms with E-state index in [1.165, 1.54) is 0 Å². The van der Waals surface area contributed by atoms with Crippen molar-refractivity contribution < 1.29 is 9.53 Å². The Morgan fingerprint density at radius 1 is 1.28 bits per heavy atom. The molecule has 3 heterocycles. The standard InChI is InChI=1S/C18H18N4O2S/c1-11-20-15-10-13(2-3-16(15)25-11)21-18(23)22-14-6-9-24-17(14)12-4-7-19-8-5-12/h2-5,7-8,10,14,17H,6,9H2,1H3,(H2,21,22,23)/t14-,17+/m1/s1. The summed E-state index contributed by atoms with van der Waals surface area (Å²) in [4.78, 5) is 20.9. The first-order valence-electron chi connectivity index (χ1n) is 8.15. The number of nitrogens with one attached hydrogen (secondary N) is 2. The van der Waals surface area contributed by atoms with E-state index in [1.807, 2.05) is 37.3 Å². The number of benzene rings is 1. The molecule has 7 heteroatoms. The van der Waals surface area contributed by atoms with Crippen LogP contribution in [0.15, 0.2) is 42.7 Å². The van der Waals surface area contributed by atoms with Crippen LogP contribution >= 0.6 is 11.3 Å². The van der Waals surface area contributed by atoms with Gasteiger partial charge < -0.3 is 15.4 Å². The summed E-state index contributed by atoms with van der Waals surface area (Å²) >= 11 is 1.64. The van der Waals surface area contributed by atoms with Gasteiger partial charge in [-0.1, -0.05) is 0 Å². The molecule has 1 aromatic carbocycles. The zero-order chi connectivity index (χ0) is 17.2. The Kier molecular flexibility index (Phi) is 4.33. The highest BCUT2D eigenvalue weighted by atomic mass is 32.1. The maximum Gasteiger partial charge on any atom is 0.319 e. The number of ether oxygens (including phenoxy) is 1. The van der Waals surface area contributed by atoms with Crippen molar-refractivity contribution in [2.75, 3.05) is 11.9 Å². The Hall–Kier alpha value is -2.51. The van der Waals surface area contributed by atoms with Gasteiger partial charge in [0.2, 0.25) is 0 Å². The molecule has 1 aliphatic rings. The molecular formula is C18H18N4O2S. The summed E-state index contributed by atoms with van der Waals surface area (Å²) in [6, 6.07) is 9.30. The normalized spacial score (nSPS) is 19.9. The van der Waals surface area contributed by atoms with Crippen LogP contribution in [0.1, 0.15) is 23.1 Å². The van der Waals surface area contributed by atoms with Gasteiger partial charge in [0.15, 0.2) is 0 Å². The van der Waals surface area contributed by atoms with E-state index in [0.29, 0.717) is 6.61 Å². The van der Waals surface area contributed by atoms with Gasteiger partial charge in [-0.05, 0) is 49.2 Å². The second kappa shape index (κ2) is 6.78. The summed E-state index contributed by atoms with van der Waals surface area (Å²) in [5, 5.41) is 6.92. The molecule has 0 radical (unpaired) electrons. The molecule has 1 fully saturated rings. The summed E-state index contributed by atoms with van der Waals surface area (Å²) in [7, 11) is 0. The molecular weight excluding hydrogens is 336 g/mol. The number of hydrogen-bond donors (Lipinski definition) is 2. The van der Waals surface area contributed by atoms with E-state index in [1.54, 1.807) is 23.7 Å². The molecule has 0 unspecified atom stereocenters. The minimum absolute atomic E-state index is 0.0624. The molecule has 0 bridgehead atoms. The molecule has 1 saturated heterocycles. The van der Waals surface area contributed by atoms with Crippen molar-refractivity contribution in [2.24, 2.45) is 0 Å². The number of aromatic nitrogens is 2. The Labute approximate surface area is 149 Å². The average Bonchev–Trinajstić information content (AvgIpc) is 3.20. The molecule has 2 aromatic heterocycles. The topological polar surface area (TPSA) is 76.1 Å². The third-order valence-electron chi connectivity index (χ3n) is 4.20. The number of fused-ring (bicyclic) bond motifs is 1. The first-order chi connectivity index (χ1) is 12.2. The number of rotatable bonds is 3. The highest BCUT2D eigenvalue weighted by Crippen LogP contribution is 2.29. The van der Waals surface area contributed by atoms with Gasteiger partial charge in [-0.25, -0.2) is 9.78 Å². The molecule has 3 aromatic rings. The lowest BCUT2D eigenvalue weighted by molar-refractivity contribution is 0.100. The molecule has 4 rings (SSSR count). The zero-order valence-corrected chi connectivity index (χ0v) is 14.5. The van der Waals surface area contributed by atoms with Gasteiger partial charge in [0.05, 0.1) is 21.3 Å². The van der Waals surface area contributed by atoms with Gasteiger partial charge >= 0.3 is 6.03 Å². The van der Waals surface area contributed by atoms with Gasteiger partial charge in [0.25, 0.3) is 0 Å². The molecule has 1 aliphatic heterocycles. The van der Waals surface area contributed by atoms with Crippen LogP contribution in [-0.4, -0.2) is 28.6 Å². The number of carbonyl (C=O) groups excluding carboxylic acids is 1. The number of aryl methyl sites for hydroxylation is 1. The van der Waals surface area contributed by atoms with Crippen LogP contribution in [0.25, 0.3) is 10.2 Å². The van der Waals surface area contributed by atoms with E-state index in [-0.39, 0.29) is 18.2 Å². The van der Waals surface area contributed by atoms with Gasteiger partial charge in [0, 0.05) is 24.7 Å². The molecule has 2 amide bonds. The number of hydrogen-bond acceptors (Lipinski definition) is 5. The number of pyridine rings is 1. The quantitative estimate of drug-likeness (QED) is 0.753. The zero-order valence-electron chi connectivity index (χ0n) is 13.7. The largest absolute Gasteiger partial charge is 0.371 e. The molecule has 6 nitrogen and oxygen atoms in total. The van der Waals surface area contributed by atoms with Gasteiger partial charge in [-0.15, -0.1) is 11.3 Å². The summed E-state index contributed by atoms with van der Waals surface area (Å²) < 4.78 is 6.90. The SMILES string of the molecule is Cc1nc2cc(NC(=O)N[C@@H]3CCO[C@H]3c3ccncc3)ccc2s1. The van der Waals surface area contributed by atoms with Gasteiger partial charge in [0.1, 0.15) is 6.10 Å². The van der Waals surface area contributed by atoms with Crippen LogP contribution < -0.4 is 10.6 Å². The fraction of sp³-hybridized carbons (Fsp3) is 0.278. The second-order valence-corrected chi connectivity index (χ2v) is 7.22. The number of thiazole rings is 1. The van der Waals surface area contributed by atoms with Crippen LogP contribution in [0.3, 0.4) is 0 Å². The van der Waals surface area contributed by atoms with Crippen molar-refractivity contribution >= 4 is 33.3 Å². The summed E-state index contributed by atoms with van der Waals surface area (Å²) in [6.45, 7) is 2.60. The van der Waals surface area contributed by atoms with Crippen LogP contribution in [-0.2, 0) is 4.74 Å². The fourth-order valence-corrected chi connectivity index (χ4v) is 3.88. The van der Waals surface area contributed by atoms with Crippen molar-refractivity contribution in [3.8, 4) is 0 Å². The maximum absolute atomic E-state index is 12.4. The Bertz CT molecular complexity index is 896. The van der Waals surface area contributed by atoms with Crippen molar-refractivity contribution in [1.82, 2.24) is 15.3 Å². The fourth-order valence-electron chi connectivity index (χ4n) is 3.07. The first-order valence-corrected chi connectivity index (χ1v) is 8.97. The molecule has 2 atom stereocenters. The number of urea groups is 1. The van der Waals surface area contributed by atoms with E-state index in [0.717, 1.165) is 32.9 Å². The van der Waals surface area contributed by atoms with Crippen LogP contribution in [0.4, 0.5) is 10.5 Å². The van der Waals surface area contributed by atoms with E-state index >= 15 is 0 Å². The maximum atomic E-state index is 12.4. The van der Waals surface area contributed by atoms with Crippen LogP contribution in [0.5, 0.6) is 0 Å². The average molecular weight is 354 g/mol. The van der Waals surface area contributed by atoms with E-state index < -0.39 is 0 Å². The third-order valence-corrected chi connectivity index (χ3v) is 5.15. The Balaban J connectivity index is 1.44. The predicted octanol–water partition coefficient (Wildman–Crippen LogP) is 3.65. The van der Waals surface area contributed by atoms with Crippen molar-refractivity contribution in [3.63, 3.8) is 0 Å². The Morgan fingerprint density at radius 3 is 2.96 bits per heavy atom. The molecule has 25 heavy (non-hydrogen) atoms. The molecule has 2 N–H and O–H groups in total. The lowest BCUT2D eigenvalue weighted by Gasteiger charge is -2.20. The van der Waals surface area contributed by atoms with Crippen LogP contribution in [0, 0.1) is 6.92 Å². The minimum Gasteiger partial charge on any atom is -0.371 e. The molecule has 0 aliphatic carbocycles. The highest BCUT2D eigenvalue weighted by Gasteiger charge is 2.30. The lowest BCUT2D eigenvalue weighted by Crippen LogP contribution is -2.39. The highest BCUT2D eigenvalue weighted by molar-refractivity contribution is 7.18. The Morgan fingerprint density at radius 2 is 2.12 bits per heavy atom. The van der Waals surface area contributed by atoms with Gasteiger partial charge in [-0.2, -0.15) is 0 Å². The molecule has 0 saturated carbocycles. The van der Waals surface area contributed by atoms with E-state index in [2.05, 4.69) is 20.6 Å². The summed E-state index contributed by atoms with van der Waals surface area (Å²) in [5.74, 6) is 0. The lowest BCUT2D eigenvalue weighted by atomic mass is 10.0.